The van der Waals surface area contributed by atoms with E-state index in [1.165, 1.54) is 7.11 Å². The van der Waals surface area contributed by atoms with Crippen molar-refractivity contribution in [3.8, 4) is 28.7 Å². The molecule has 13 nitrogen and oxygen atoms in total. The standard InChI is InChI=1S/C33H42N4O9S/c1-6-47-30-22-21(29-28(45-13-46-29)15(3)25(22)38)19(12-44-33(42)35-31(40)17-8-7-9-34-17)37-24(30)23-20-16(11-18(32(37)41)36(23)4)10-14(2)27(43-5)26(20)39/h10,17-19,23-24,30,32,34,38-39,41H,6-9,11-13H2,1-5H3,(H,35,40,42)/t17-,18+,19-,23+,24+,30+,32-/m0/s1. The quantitative estimate of drug-likeness (QED) is 0.305. The fraction of sp³-hybridized carbons (Fsp3) is 0.576. The minimum Gasteiger partial charge on any atom is -0.507 e. The molecule has 254 valence electrons. The predicted octanol–water partition coefficient (Wildman–Crippen LogP) is 2.91. The van der Waals surface area contributed by atoms with Gasteiger partial charge in [-0.3, -0.25) is 19.9 Å². The summed E-state index contributed by atoms with van der Waals surface area (Å²) in [5.41, 5.74) is 4.16. The molecule has 2 saturated heterocycles. The van der Waals surface area contributed by atoms with Gasteiger partial charge in [0.25, 0.3) is 0 Å². The Kier molecular flexibility index (Phi) is 8.36. The lowest BCUT2D eigenvalue weighted by Gasteiger charge is -2.61. The van der Waals surface area contributed by atoms with Crippen molar-refractivity contribution in [2.75, 3.05) is 39.9 Å². The number of fused-ring (bicyclic) bond motifs is 9. The number of ether oxygens (including phenoxy) is 4. The zero-order valence-corrected chi connectivity index (χ0v) is 28.0. The molecular formula is C33H42N4O9S. The summed E-state index contributed by atoms with van der Waals surface area (Å²) in [5, 5.41) is 40.9. The van der Waals surface area contributed by atoms with Crippen LogP contribution in [-0.4, -0.2) is 101 Å². The van der Waals surface area contributed by atoms with Crippen LogP contribution in [0.4, 0.5) is 4.79 Å². The molecule has 5 heterocycles. The lowest BCUT2D eigenvalue weighted by atomic mass is 9.73. The molecule has 7 rings (SSSR count). The van der Waals surface area contributed by atoms with Gasteiger partial charge in [0.2, 0.25) is 12.7 Å². The smallest absolute Gasteiger partial charge is 0.413 e. The lowest BCUT2D eigenvalue weighted by molar-refractivity contribution is -0.178. The Morgan fingerprint density at radius 1 is 1.15 bits per heavy atom. The van der Waals surface area contributed by atoms with Gasteiger partial charge in [0.05, 0.1) is 36.5 Å². The van der Waals surface area contributed by atoms with Crippen LogP contribution in [0.5, 0.6) is 28.7 Å². The van der Waals surface area contributed by atoms with E-state index in [9.17, 15) is 24.9 Å². The molecule has 5 aliphatic heterocycles. The number of nitrogens with one attached hydrogen (secondary N) is 2. The Hall–Kier alpha value is -3.43. The Bertz CT molecular complexity index is 1620. The van der Waals surface area contributed by atoms with E-state index in [4.69, 9.17) is 18.9 Å². The fourth-order valence-corrected chi connectivity index (χ4v) is 9.70. The van der Waals surface area contributed by atoms with Crippen LogP contribution in [0.2, 0.25) is 0 Å². The van der Waals surface area contributed by atoms with Gasteiger partial charge in [-0.1, -0.05) is 13.0 Å². The maximum absolute atomic E-state index is 13.1. The second kappa shape index (κ2) is 12.2. The number of alkyl carbamates (subject to hydrolysis) is 1. The zero-order valence-electron chi connectivity index (χ0n) is 27.2. The van der Waals surface area contributed by atoms with Crippen molar-refractivity contribution >= 4 is 23.8 Å². The van der Waals surface area contributed by atoms with Gasteiger partial charge < -0.3 is 39.6 Å². The average Bonchev–Trinajstić information content (AvgIpc) is 3.75. The summed E-state index contributed by atoms with van der Waals surface area (Å²) in [7, 11) is 3.48. The summed E-state index contributed by atoms with van der Waals surface area (Å²) in [4.78, 5) is 29.8. The third-order valence-electron chi connectivity index (χ3n) is 10.5. The molecule has 0 aliphatic carbocycles. The highest BCUT2D eigenvalue weighted by Crippen LogP contribution is 2.63. The number of aryl methyl sites for hydroxylation is 1. The number of nitrogens with zero attached hydrogens (tertiary/aromatic N) is 2. The molecular weight excluding hydrogens is 628 g/mol. The van der Waals surface area contributed by atoms with Crippen molar-refractivity contribution in [1.29, 1.82) is 0 Å². The average molecular weight is 671 g/mol. The Morgan fingerprint density at radius 3 is 2.62 bits per heavy atom. The van der Waals surface area contributed by atoms with E-state index in [0.717, 1.165) is 17.5 Å². The van der Waals surface area contributed by atoms with E-state index in [-0.39, 0.29) is 30.9 Å². The summed E-state index contributed by atoms with van der Waals surface area (Å²) >= 11 is 1.62. The number of likely N-dealkylation sites (N-methyl/N-ethyl adjacent to an activating group) is 1. The fourth-order valence-electron chi connectivity index (χ4n) is 8.45. The number of piperazine rings is 1. The number of hydrogen-bond acceptors (Lipinski definition) is 13. The van der Waals surface area contributed by atoms with Crippen LogP contribution in [0.3, 0.4) is 0 Å². The Labute approximate surface area is 277 Å². The molecule has 47 heavy (non-hydrogen) atoms. The number of hydrogen-bond donors (Lipinski definition) is 5. The van der Waals surface area contributed by atoms with Crippen LogP contribution in [0, 0.1) is 13.8 Å². The van der Waals surface area contributed by atoms with Gasteiger partial charge in [-0.05, 0) is 63.6 Å². The van der Waals surface area contributed by atoms with Crippen LogP contribution < -0.4 is 24.8 Å². The van der Waals surface area contributed by atoms with Gasteiger partial charge >= 0.3 is 6.09 Å². The highest BCUT2D eigenvalue weighted by Gasteiger charge is 2.59. The van der Waals surface area contributed by atoms with E-state index in [2.05, 4.69) is 15.5 Å². The van der Waals surface area contributed by atoms with E-state index in [1.54, 1.807) is 18.7 Å². The van der Waals surface area contributed by atoms with Crippen LogP contribution >= 0.6 is 11.8 Å². The van der Waals surface area contributed by atoms with E-state index in [1.807, 2.05) is 31.9 Å². The third-order valence-corrected chi connectivity index (χ3v) is 11.7. The van der Waals surface area contributed by atoms with E-state index >= 15 is 0 Å². The van der Waals surface area contributed by atoms with Crippen molar-refractivity contribution < 1.29 is 43.9 Å². The number of carbonyl (C=O) groups excluding carboxylic acids is 2. The first-order valence-corrected chi connectivity index (χ1v) is 17.2. The molecule has 2 fully saturated rings. The Balaban J connectivity index is 1.37. The number of phenolic OH excluding ortho intramolecular Hbond substituents is 2. The van der Waals surface area contributed by atoms with Crippen LogP contribution in [0.1, 0.15) is 70.5 Å². The van der Waals surface area contributed by atoms with Gasteiger partial charge in [0, 0.05) is 28.3 Å². The number of aromatic hydroxyl groups is 2. The number of carbonyl (C=O) groups is 2. The summed E-state index contributed by atoms with van der Waals surface area (Å²) in [6, 6.07) is -0.553. The van der Waals surface area contributed by atoms with Crippen LogP contribution in [0.15, 0.2) is 6.07 Å². The van der Waals surface area contributed by atoms with Crippen LogP contribution in [-0.2, 0) is 16.0 Å². The molecule has 5 N–H and O–H groups in total. The summed E-state index contributed by atoms with van der Waals surface area (Å²) in [6.45, 7) is 6.10. The van der Waals surface area contributed by atoms with Gasteiger partial charge in [0.15, 0.2) is 23.0 Å². The van der Waals surface area contributed by atoms with E-state index < -0.39 is 47.6 Å². The lowest BCUT2D eigenvalue weighted by Crippen LogP contribution is -2.69. The number of rotatable bonds is 6. The third kappa shape index (κ3) is 4.90. The molecule has 2 bridgehead atoms. The number of aliphatic hydroxyl groups excluding tert-OH is 1. The van der Waals surface area contributed by atoms with Crippen molar-refractivity contribution in [3.05, 3.63) is 39.4 Å². The van der Waals surface area contributed by atoms with Crippen molar-refractivity contribution in [2.45, 2.75) is 81.7 Å². The number of methoxy groups -OCH3 is 1. The summed E-state index contributed by atoms with van der Waals surface area (Å²) in [5.74, 6) is 1.57. The second-order valence-electron chi connectivity index (χ2n) is 12.9. The van der Waals surface area contributed by atoms with Gasteiger partial charge in [-0.15, -0.1) is 0 Å². The molecule has 2 amide bonds. The first kappa shape index (κ1) is 32.1. The zero-order chi connectivity index (χ0) is 33.3. The molecule has 0 saturated carbocycles. The van der Waals surface area contributed by atoms with Gasteiger partial charge in [0.1, 0.15) is 18.6 Å². The van der Waals surface area contributed by atoms with Crippen molar-refractivity contribution in [2.24, 2.45) is 0 Å². The largest absolute Gasteiger partial charge is 0.507 e. The predicted molar refractivity (Wildman–Crippen MR) is 172 cm³/mol. The topological polar surface area (TPSA) is 162 Å². The molecule has 7 atom stereocenters. The molecule has 5 aliphatic rings. The SMILES string of the molecule is CCS[C@@H]1c2c(O)c(C)c3c(c2[C@H](COC(=O)NC(=O)[C@@H]2CCCN2)N2[C@@H]1[C@H]1c4c(cc(C)c(OC)c4O)C[C@H]([C@@H]2O)N1C)OCO3. The molecule has 2 aromatic rings. The van der Waals surface area contributed by atoms with E-state index in [0.29, 0.717) is 64.6 Å². The maximum Gasteiger partial charge on any atom is 0.413 e. The first-order valence-electron chi connectivity index (χ1n) is 16.1. The van der Waals surface area contributed by atoms with Crippen molar-refractivity contribution in [1.82, 2.24) is 20.4 Å². The second-order valence-corrected chi connectivity index (χ2v) is 14.3. The highest BCUT2D eigenvalue weighted by atomic mass is 32.2. The first-order chi connectivity index (χ1) is 22.6. The number of thioether (sulfide) groups is 1. The summed E-state index contributed by atoms with van der Waals surface area (Å²) < 4.78 is 23.3. The molecule has 0 radical (unpaired) electrons. The normalized spacial score (nSPS) is 29.1. The number of imide groups is 1. The molecule has 0 aromatic heterocycles. The minimum absolute atomic E-state index is 0.0467. The van der Waals surface area contributed by atoms with Gasteiger partial charge in [-0.25, -0.2) is 4.79 Å². The Morgan fingerprint density at radius 2 is 1.91 bits per heavy atom. The summed E-state index contributed by atoms with van der Waals surface area (Å²) in [6.07, 6.45) is -0.00556. The molecule has 0 unspecified atom stereocenters. The number of phenols is 2. The van der Waals surface area contributed by atoms with Crippen molar-refractivity contribution in [3.63, 3.8) is 0 Å². The number of aliphatic hydroxyl groups is 1. The number of amides is 2. The molecule has 0 spiro atoms. The highest BCUT2D eigenvalue weighted by molar-refractivity contribution is 7.99. The van der Waals surface area contributed by atoms with Crippen LogP contribution in [0.25, 0.3) is 0 Å². The van der Waals surface area contributed by atoms with Gasteiger partial charge in [-0.2, -0.15) is 11.8 Å². The monoisotopic (exact) mass is 670 g/mol. The number of benzene rings is 2. The molecule has 14 heteroatoms. The molecule has 2 aromatic carbocycles. The minimum atomic E-state index is -1.03. The maximum atomic E-state index is 13.1.